The molecule has 4 rings (SSSR count). The number of rotatable bonds is 8. The molecule has 2 saturated heterocycles. The number of benzene rings is 1. The molecule has 38 heavy (non-hydrogen) atoms. The highest BCUT2D eigenvalue weighted by molar-refractivity contribution is 5.89. The van der Waals surface area contributed by atoms with E-state index < -0.39 is 6.09 Å². The van der Waals surface area contributed by atoms with E-state index in [1.807, 2.05) is 38.1 Å². The maximum absolute atomic E-state index is 13.3. The molecule has 11 nitrogen and oxygen atoms in total. The van der Waals surface area contributed by atoms with Crippen LogP contribution in [-0.2, 0) is 9.53 Å². The van der Waals surface area contributed by atoms with E-state index in [0.29, 0.717) is 24.0 Å². The number of aromatic nitrogens is 2. The second-order valence-electron chi connectivity index (χ2n) is 10.9. The van der Waals surface area contributed by atoms with Crippen molar-refractivity contribution < 1.29 is 19.1 Å². The van der Waals surface area contributed by atoms with E-state index in [1.165, 1.54) is 14.4 Å². The first-order valence-corrected chi connectivity index (χ1v) is 13.4. The van der Waals surface area contributed by atoms with Gasteiger partial charge in [0.25, 0.3) is 0 Å². The van der Waals surface area contributed by atoms with E-state index in [0.717, 1.165) is 37.7 Å². The second-order valence-corrected chi connectivity index (χ2v) is 10.9. The van der Waals surface area contributed by atoms with E-state index in [1.54, 1.807) is 25.7 Å². The average Bonchev–Trinajstić information content (AvgIpc) is 3.29. The standard InChI is InChI=1S/C27H40N6O5/c1-18(2)32-22-9-6-7-10-23(22)33(26(32)36)25(35)28-19-15-20-11-12-21(16-19)31(20)13-8-14-38-27(37)30(5)17-24(34)29(3)4/h6-7,9-10,18-21H,8,11-17H2,1-5H3,(H,28,35)/t19?,20-,21+. The average molecular weight is 529 g/mol. The summed E-state index contributed by atoms with van der Waals surface area (Å²) in [5, 5.41) is 3.14. The van der Waals surface area contributed by atoms with Gasteiger partial charge in [-0.25, -0.2) is 19.0 Å². The van der Waals surface area contributed by atoms with Crippen LogP contribution in [0.1, 0.15) is 52.0 Å². The minimum Gasteiger partial charge on any atom is -0.449 e. The number of imidazole rings is 1. The van der Waals surface area contributed by atoms with Gasteiger partial charge in [-0.1, -0.05) is 12.1 Å². The Morgan fingerprint density at radius 3 is 2.29 bits per heavy atom. The van der Waals surface area contributed by atoms with E-state index in [4.69, 9.17) is 4.74 Å². The number of hydrogen-bond acceptors (Lipinski definition) is 6. The van der Waals surface area contributed by atoms with Crippen LogP contribution in [0.25, 0.3) is 11.0 Å². The molecule has 0 spiro atoms. The SMILES string of the molecule is CC(C)n1c(=O)n(C(=O)NC2C[C@H]3CC[C@@H](C2)N3CCCOC(=O)N(C)CC(=O)N(C)C)c2ccccc21. The Hall–Kier alpha value is -3.34. The van der Waals surface area contributed by atoms with Crippen molar-refractivity contribution in [3.05, 3.63) is 34.7 Å². The summed E-state index contributed by atoms with van der Waals surface area (Å²) in [6.45, 7) is 4.96. The van der Waals surface area contributed by atoms with Crippen molar-refractivity contribution in [2.24, 2.45) is 0 Å². The van der Waals surface area contributed by atoms with Gasteiger partial charge in [-0.15, -0.1) is 0 Å². The molecule has 208 valence electrons. The smallest absolute Gasteiger partial charge is 0.409 e. The summed E-state index contributed by atoms with van der Waals surface area (Å²) in [5.41, 5.74) is 1.06. The van der Waals surface area contributed by atoms with Crippen LogP contribution in [0.15, 0.2) is 29.1 Å². The van der Waals surface area contributed by atoms with Crippen molar-refractivity contribution in [3.63, 3.8) is 0 Å². The predicted molar refractivity (Wildman–Crippen MR) is 144 cm³/mol. The van der Waals surface area contributed by atoms with Crippen molar-refractivity contribution in [1.82, 2.24) is 29.2 Å². The number of fused-ring (bicyclic) bond motifs is 3. The van der Waals surface area contributed by atoms with E-state index in [-0.39, 0.29) is 42.9 Å². The van der Waals surface area contributed by atoms with Gasteiger partial charge in [0.2, 0.25) is 5.91 Å². The second kappa shape index (κ2) is 11.6. The minimum absolute atomic E-state index is 0.00465. The number of carbonyl (C=O) groups is 3. The Kier molecular flexibility index (Phi) is 8.44. The molecular weight excluding hydrogens is 488 g/mol. The van der Waals surface area contributed by atoms with Crippen molar-refractivity contribution in [2.45, 2.75) is 70.1 Å². The van der Waals surface area contributed by atoms with Crippen molar-refractivity contribution >= 4 is 29.1 Å². The van der Waals surface area contributed by atoms with Gasteiger partial charge in [-0.3, -0.25) is 14.3 Å². The molecule has 3 atom stereocenters. The number of likely N-dealkylation sites (N-methyl/N-ethyl adjacent to an activating group) is 2. The molecular formula is C27H40N6O5. The molecule has 2 aromatic rings. The highest BCUT2D eigenvalue weighted by atomic mass is 16.6. The molecule has 2 bridgehead atoms. The van der Waals surface area contributed by atoms with Crippen molar-refractivity contribution in [2.75, 3.05) is 40.8 Å². The number of amides is 3. The fraction of sp³-hybridized carbons (Fsp3) is 0.630. The normalized spacial score (nSPS) is 21.1. The van der Waals surface area contributed by atoms with Crippen LogP contribution < -0.4 is 11.0 Å². The third kappa shape index (κ3) is 5.72. The molecule has 1 unspecified atom stereocenters. The van der Waals surface area contributed by atoms with Crippen LogP contribution in [0.3, 0.4) is 0 Å². The Morgan fingerprint density at radius 1 is 1.05 bits per heavy atom. The van der Waals surface area contributed by atoms with Gasteiger partial charge in [0.15, 0.2) is 0 Å². The lowest BCUT2D eigenvalue weighted by Gasteiger charge is -2.39. The summed E-state index contributed by atoms with van der Waals surface area (Å²) in [5.74, 6) is -0.161. The summed E-state index contributed by atoms with van der Waals surface area (Å²) < 4.78 is 8.28. The van der Waals surface area contributed by atoms with E-state index in [2.05, 4.69) is 10.2 Å². The fourth-order valence-electron chi connectivity index (χ4n) is 5.79. The quantitative estimate of drug-likeness (QED) is 0.528. The fourth-order valence-corrected chi connectivity index (χ4v) is 5.79. The van der Waals surface area contributed by atoms with Gasteiger partial charge in [0.05, 0.1) is 17.6 Å². The van der Waals surface area contributed by atoms with Gasteiger partial charge >= 0.3 is 17.8 Å². The summed E-state index contributed by atoms with van der Waals surface area (Å²) >= 11 is 0. The molecule has 1 N–H and O–H groups in total. The monoisotopic (exact) mass is 528 g/mol. The lowest BCUT2D eigenvalue weighted by molar-refractivity contribution is -0.129. The number of ether oxygens (including phenoxy) is 1. The largest absolute Gasteiger partial charge is 0.449 e. The first-order valence-electron chi connectivity index (χ1n) is 13.4. The van der Waals surface area contributed by atoms with Crippen LogP contribution in [0.2, 0.25) is 0 Å². The third-order valence-electron chi connectivity index (χ3n) is 7.68. The third-order valence-corrected chi connectivity index (χ3v) is 7.68. The molecule has 1 aromatic carbocycles. The van der Waals surface area contributed by atoms with E-state index in [9.17, 15) is 19.2 Å². The van der Waals surface area contributed by atoms with Gasteiger partial charge in [-0.2, -0.15) is 0 Å². The molecule has 0 saturated carbocycles. The van der Waals surface area contributed by atoms with E-state index >= 15 is 0 Å². The minimum atomic E-state index is -0.501. The summed E-state index contributed by atoms with van der Waals surface area (Å²) in [7, 11) is 4.85. The number of hydrogen-bond donors (Lipinski definition) is 1. The highest BCUT2D eigenvalue weighted by Crippen LogP contribution is 2.35. The van der Waals surface area contributed by atoms with Crippen LogP contribution in [0.5, 0.6) is 0 Å². The van der Waals surface area contributed by atoms with Gasteiger partial charge in [0.1, 0.15) is 6.54 Å². The molecule has 3 amide bonds. The molecule has 1 aromatic heterocycles. The summed E-state index contributed by atoms with van der Waals surface area (Å²) in [6, 6.07) is 7.69. The van der Waals surface area contributed by atoms with Crippen molar-refractivity contribution in [1.29, 1.82) is 0 Å². The van der Waals surface area contributed by atoms with Crippen LogP contribution in [0.4, 0.5) is 9.59 Å². The summed E-state index contributed by atoms with van der Waals surface area (Å²) in [6.07, 6.45) is 4.00. The van der Waals surface area contributed by atoms with Crippen LogP contribution in [0, 0.1) is 0 Å². The molecule has 2 fully saturated rings. The first-order chi connectivity index (χ1) is 18.1. The zero-order chi connectivity index (χ0) is 27.6. The highest BCUT2D eigenvalue weighted by Gasteiger charge is 2.41. The molecule has 2 aliphatic rings. The van der Waals surface area contributed by atoms with Crippen molar-refractivity contribution in [3.8, 4) is 0 Å². The Balaban J connectivity index is 1.29. The molecule has 0 radical (unpaired) electrons. The maximum atomic E-state index is 13.3. The molecule has 11 heteroatoms. The van der Waals surface area contributed by atoms with Gasteiger partial charge in [0, 0.05) is 51.9 Å². The number of nitrogens with one attached hydrogen (secondary N) is 1. The predicted octanol–water partition coefficient (Wildman–Crippen LogP) is 2.48. The zero-order valence-corrected chi connectivity index (χ0v) is 23.1. The molecule has 0 aliphatic carbocycles. The first kappa shape index (κ1) is 27.7. The van der Waals surface area contributed by atoms with Gasteiger partial charge < -0.3 is 19.9 Å². The molecule has 3 heterocycles. The summed E-state index contributed by atoms with van der Waals surface area (Å²) in [4.78, 5) is 55.5. The van der Waals surface area contributed by atoms with Crippen LogP contribution >= 0.6 is 0 Å². The number of carbonyl (C=O) groups excluding carboxylic acids is 3. The molecule has 2 aliphatic heterocycles. The lowest BCUT2D eigenvalue weighted by atomic mass is 9.97. The zero-order valence-electron chi connectivity index (χ0n) is 23.1. The Morgan fingerprint density at radius 2 is 1.68 bits per heavy atom. The Bertz CT molecular complexity index is 1220. The maximum Gasteiger partial charge on any atom is 0.409 e. The number of para-hydroxylation sites is 2. The van der Waals surface area contributed by atoms with Gasteiger partial charge in [-0.05, 0) is 58.1 Å². The number of piperidine rings is 1. The lowest BCUT2D eigenvalue weighted by Crippen LogP contribution is -2.52. The number of nitrogens with zero attached hydrogens (tertiary/aromatic N) is 5. The van der Waals surface area contributed by atoms with Crippen LogP contribution in [-0.4, -0.2) is 101 Å². The Labute approximate surface area is 223 Å². The topological polar surface area (TPSA) is 109 Å².